The van der Waals surface area contributed by atoms with Crippen molar-refractivity contribution in [3.63, 3.8) is 0 Å². The number of benzene rings is 3. The average molecular weight is 362 g/mol. The van der Waals surface area contributed by atoms with E-state index in [4.69, 9.17) is 10.7 Å². The van der Waals surface area contributed by atoms with Gasteiger partial charge in [-0.2, -0.15) is 0 Å². The van der Waals surface area contributed by atoms with Crippen LogP contribution in [0.3, 0.4) is 0 Å². The lowest BCUT2D eigenvalue weighted by molar-refractivity contribution is 0.482. The van der Waals surface area contributed by atoms with Crippen LogP contribution < -0.4 is 11.1 Å². The molecule has 4 rings (SSSR count). The molecule has 26 heavy (non-hydrogen) atoms. The maximum Gasteiger partial charge on any atom is 0.154 e. The number of nitrogens with zero attached hydrogens (tertiary/aromatic N) is 1. The molecule has 0 amide bonds. The molecule has 1 unspecified atom stereocenters. The second-order valence-electron chi connectivity index (χ2n) is 6.89. The van der Waals surface area contributed by atoms with Gasteiger partial charge in [0.2, 0.25) is 0 Å². The molecule has 1 atom stereocenters. The van der Waals surface area contributed by atoms with Gasteiger partial charge in [0.05, 0.1) is 5.54 Å². The molecule has 0 saturated heterocycles. The normalized spacial score (nSPS) is 20.0. The van der Waals surface area contributed by atoms with Crippen molar-refractivity contribution in [2.75, 3.05) is 11.1 Å². The Hall–Kier alpha value is -2.46. The van der Waals surface area contributed by atoms with E-state index < -0.39 is 0 Å². The van der Waals surface area contributed by atoms with Gasteiger partial charge in [0.1, 0.15) is 0 Å². The van der Waals surface area contributed by atoms with Crippen LogP contribution >= 0.6 is 11.8 Å². The largest absolute Gasteiger partial charge is 0.381 e. The van der Waals surface area contributed by atoms with Crippen LogP contribution in [0.4, 0.5) is 5.69 Å². The number of hydrogen-bond acceptors (Lipinski definition) is 4. The highest BCUT2D eigenvalue weighted by Gasteiger charge is 2.29. The van der Waals surface area contributed by atoms with E-state index >= 15 is 0 Å². The number of amidine groups is 1. The summed E-state index contributed by atoms with van der Waals surface area (Å²) >= 11 is 1.64. The average Bonchev–Trinajstić information content (AvgIpc) is 2.66. The van der Waals surface area contributed by atoms with E-state index in [1.54, 1.807) is 11.8 Å². The Bertz CT molecular complexity index is 961. The van der Waals surface area contributed by atoms with E-state index in [1.807, 2.05) is 0 Å². The topological polar surface area (TPSA) is 50.4 Å². The minimum atomic E-state index is -0.230. The molecule has 0 bridgehead atoms. The minimum absolute atomic E-state index is 0.230. The van der Waals surface area contributed by atoms with Crippen molar-refractivity contribution >= 4 is 33.4 Å². The van der Waals surface area contributed by atoms with Crippen molar-refractivity contribution in [3.8, 4) is 0 Å². The monoisotopic (exact) mass is 361 g/mol. The third-order valence-corrected chi connectivity index (χ3v) is 5.84. The molecular formula is C22H23N3S. The standard InChI is InChI=1S/C22H23N3S/c1-22(12-13-26-21(23)25-22)18-9-5-10-19(14-18)24-15-17-8-4-7-16-6-2-3-11-20(16)17/h2-11,14,24H,12-13,15H2,1H3,(H2,23,25). The van der Waals surface area contributed by atoms with Gasteiger partial charge in [0.15, 0.2) is 5.17 Å². The highest BCUT2D eigenvalue weighted by atomic mass is 32.2. The predicted octanol–water partition coefficient (Wildman–Crippen LogP) is 5.12. The molecule has 0 spiro atoms. The fraction of sp³-hybridized carbons (Fsp3) is 0.227. The van der Waals surface area contributed by atoms with E-state index in [1.165, 1.54) is 21.9 Å². The third kappa shape index (κ3) is 3.42. The summed E-state index contributed by atoms with van der Waals surface area (Å²) in [6.45, 7) is 2.96. The fourth-order valence-corrected chi connectivity index (χ4v) is 4.48. The van der Waals surface area contributed by atoms with Crippen LogP contribution in [0.5, 0.6) is 0 Å². The number of thioether (sulfide) groups is 1. The number of fused-ring (bicyclic) bond motifs is 1. The minimum Gasteiger partial charge on any atom is -0.381 e. The SMILES string of the molecule is CC1(c2cccc(NCc3cccc4ccccc34)c2)CCSC(N)=N1. The van der Waals surface area contributed by atoms with Crippen LogP contribution in [0.25, 0.3) is 10.8 Å². The zero-order chi connectivity index (χ0) is 18.0. The number of hydrogen-bond donors (Lipinski definition) is 2. The molecule has 3 N–H and O–H groups in total. The lowest BCUT2D eigenvalue weighted by Gasteiger charge is -2.30. The van der Waals surface area contributed by atoms with Crippen LogP contribution in [0.15, 0.2) is 71.7 Å². The Balaban J connectivity index is 1.57. The maximum atomic E-state index is 5.97. The first-order chi connectivity index (χ1) is 12.6. The summed E-state index contributed by atoms with van der Waals surface area (Å²) in [5.74, 6) is 1.01. The number of anilines is 1. The highest BCUT2D eigenvalue weighted by molar-refractivity contribution is 8.13. The van der Waals surface area contributed by atoms with E-state index in [-0.39, 0.29) is 5.54 Å². The number of nitrogens with one attached hydrogen (secondary N) is 1. The molecule has 0 fully saturated rings. The van der Waals surface area contributed by atoms with Crippen molar-refractivity contribution in [2.24, 2.45) is 10.7 Å². The maximum absolute atomic E-state index is 5.97. The molecule has 3 aromatic carbocycles. The summed E-state index contributed by atoms with van der Waals surface area (Å²) in [5, 5.41) is 6.84. The Morgan fingerprint density at radius 1 is 1.08 bits per heavy atom. The highest BCUT2D eigenvalue weighted by Crippen LogP contribution is 2.36. The third-order valence-electron chi connectivity index (χ3n) is 5.04. The Morgan fingerprint density at radius 3 is 2.77 bits per heavy atom. The van der Waals surface area contributed by atoms with E-state index in [0.717, 1.165) is 24.4 Å². The first kappa shape index (κ1) is 17.0. The van der Waals surface area contributed by atoms with Crippen molar-refractivity contribution in [1.82, 2.24) is 0 Å². The summed E-state index contributed by atoms with van der Waals surface area (Å²) in [7, 11) is 0. The summed E-state index contributed by atoms with van der Waals surface area (Å²) < 4.78 is 0. The van der Waals surface area contributed by atoms with Gasteiger partial charge in [0, 0.05) is 18.0 Å². The fourth-order valence-electron chi connectivity index (χ4n) is 3.50. The van der Waals surface area contributed by atoms with Gasteiger partial charge in [0.25, 0.3) is 0 Å². The van der Waals surface area contributed by atoms with Gasteiger partial charge in [-0.3, -0.25) is 4.99 Å². The molecule has 4 heteroatoms. The summed E-state index contributed by atoms with van der Waals surface area (Å²) in [6, 6.07) is 23.5. The van der Waals surface area contributed by atoms with Gasteiger partial charge in [-0.1, -0.05) is 66.4 Å². The zero-order valence-electron chi connectivity index (χ0n) is 14.9. The van der Waals surface area contributed by atoms with Crippen molar-refractivity contribution in [1.29, 1.82) is 0 Å². The lowest BCUT2D eigenvalue weighted by atomic mass is 9.89. The molecule has 0 saturated carbocycles. The van der Waals surface area contributed by atoms with Crippen LogP contribution in [-0.4, -0.2) is 10.9 Å². The van der Waals surface area contributed by atoms with Crippen molar-refractivity contribution in [3.05, 3.63) is 77.9 Å². The molecular weight excluding hydrogens is 338 g/mol. The molecule has 3 nitrogen and oxygen atoms in total. The molecule has 1 heterocycles. The van der Waals surface area contributed by atoms with Gasteiger partial charge in [-0.15, -0.1) is 0 Å². The van der Waals surface area contributed by atoms with Crippen LogP contribution in [-0.2, 0) is 12.1 Å². The van der Waals surface area contributed by atoms with Gasteiger partial charge in [-0.25, -0.2) is 0 Å². The Morgan fingerprint density at radius 2 is 1.88 bits per heavy atom. The Kier molecular flexibility index (Phi) is 4.60. The number of nitrogens with two attached hydrogens (primary N) is 1. The number of aliphatic imine (C=N–C) groups is 1. The zero-order valence-corrected chi connectivity index (χ0v) is 15.7. The lowest BCUT2D eigenvalue weighted by Crippen LogP contribution is -2.28. The molecule has 3 aromatic rings. The van der Waals surface area contributed by atoms with Crippen molar-refractivity contribution < 1.29 is 0 Å². The van der Waals surface area contributed by atoms with Gasteiger partial charge >= 0.3 is 0 Å². The van der Waals surface area contributed by atoms with E-state index in [9.17, 15) is 0 Å². The Labute approximate surface area is 158 Å². The smallest absolute Gasteiger partial charge is 0.154 e. The number of rotatable bonds is 4. The molecule has 0 aliphatic carbocycles. The first-order valence-electron chi connectivity index (χ1n) is 8.93. The summed E-state index contributed by atoms with van der Waals surface area (Å²) in [6.07, 6.45) is 1.01. The van der Waals surface area contributed by atoms with Crippen LogP contribution in [0.1, 0.15) is 24.5 Å². The molecule has 0 radical (unpaired) electrons. The molecule has 1 aliphatic heterocycles. The second-order valence-corrected chi connectivity index (χ2v) is 8.01. The van der Waals surface area contributed by atoms with Crippen molar-refractivity contribution in [2.45, 2.75) is 25.4 Å². The molecule has 1 aliphatic rings. The van der Waals surface area contributed by atoms with Gasteiger partial charge in [-0.05, 0) is 47.4 Å². The second kappa shape index (κ2) is 7.04. The van der Waals surface area contributed by atoms with Crippen LogP contribution in [0.2, 0.25) is 0 Å². The predicted molar refractivity (Wildman–Crippen MR) is 114 cm³/mol. The van der Waals surface area contributed by atoms with Gasteiger partial charge < -0.3 is 11.1 Å². The van der Waals surface area contributed by atoms with E-state index in [2.05, 4.69) is 79.0 Å². The first-order valence-corrected chi connectivity index (χ1v) is 9.92. The summed E-state index contributed by atoms with van der Waals surface area (Å²) in [4.78, 5) is 4.71. The van der Waals surface area contributed by atoms with Crippen LogP contribution in [0, 0.1) is 0 Å². The van der Waals surface area contributed by atoms with E-state index in [0.29, 0.717) is 5.17 Å². The summed E-state index contributed by atoms with van der Waals surface area (Å²) in [5.41, 5.74) is 9.37. The quantitative estimate of drug-likeness (QED) is 0.678. The molecule has 132 valence electrons. The molecule has 0 aromatic heterocycles.